The van der Waals surface area contributed by atoms with Gasteiger partial charge in [0.05, 0.1) is 11.1 Å². The topological polar surface area (TPSA) is 3.24 Å². The molecular formula is C62H45N. The summed E-state index contributed by atoms with van der Waals surface area (Å²) in [4.78, 5) is 2.40. The molecule has 0 saturated carbocycles. The molecule has 2 aliphatic carbocycles. The van der Waals surface area contributed by atoms with E-state index in [9.17, 15) is 0 Å². The molecule has 10 aromatic carbocycles. The van der Waals surface area contributed by atoms with Crippen LogP contribution in [0.1, 0.15) is 47.2 Å². The van der Waals surface area contributed by atoms with Crippen molar-refractivity contribution in [3.05, 3.63) is 270 Å². The number of hydrogen-bond acceptors (Lipinski definition) is 1. The highest BCUT2D eigenvalue weighted by Gasteiger charge is 2.53. The minimum atomic E-state index is -0.389. The van der Waals surface area contributed by atoms with Gasteiger partial charge in [0.1, 0.15) is 0 Å². The third-order valence-corrected chi connectivity index (χ3v) is 13.9. The van der Waals surface area contributed by atoms with Crippen LogP contribution >= 0.6 is 0 Å². The Bertz CT molecular complexity index is 3310. The van der Waals surface area contributed by atoms with Gasteiger partial charge in [-0.05, 0) is 126 Å². The number of rotatable bonds is 6. The van der Waals surface area contributed by atoms with E-state index in [-0.39, 0.29) is 10.8 Å². The van der Waals surface area contributed by atoms with Gasteiger partial charge in [-0.3, -0.25) is 0 Å². The lowest BCUT2D eigenvalue weighted by Gasteiger charge is -2.46. The Kier molecular flexibility index (Phi) is 8.49. The molecule has 12 rings (SSSR count). The lowest BCUT2D eigenvalue weighted by Crippen LogP contribution is -2.40. The second-order valence-electron chi connectivity index (χ2n) is 17.6. The fraction of sp³-hybridized carbons (Fsp3) is 0.0645. The lowest BCUT2D eigenvalue weighted by molar-refractivity contribution is 0.563. The third-order valence-electron chi connectivity index (χ3n) is 13.9. The summed E-state index contributed by atoms with van der Waals surface area (Å²) in [5.74, 6) is 0. The number of nitrogens with zero attached hydrogens (tertiary/aromatic N) is 1. The van der Waals surface area contributed by atoms with Crippen LogP contribution < -0.4 is 4.90 Å². The Labute approximate surface area is 370 Å². The Morgan fingerprint density at radius 1 is 0.286 bits per heavy atom. The third kappa shape index (κ3) is 5.70. The van der Waals surface area contributed by atoms with E-state index in [1.165, 1.54) is 88.7 Å². The summed E-state index contributed by atoms with van der Waals surface area (Å²) >= 11 is 0. The minimum absolute atomic E-state index is 0.115. The average Bonchev–Trinajstić information content (AvgIpc) is 3.64. The van der Waals surface area contributed by atoms with E-state index in [2.05, 4.69) is 255 Å². The minimum Gasteiger partial charge on any atom is -0.310 e. The number of para-hydroxylation sites is 1. The number of fused-ring (bicyclic) bond motifs is 10. The predicted molar refractivity (Wildman–Crippen MR) is 264 cm³/mol. The SMILES string of the molecule is CC1(C)c2ccccc2C2(c3ccccc3-c3cc(-c4ccc5cc(N(c6ccc(-c7ccccc7)cc6)c6ccccc6-c6ccccc6)ccc5c4)ccc32)c2ccccc21. The molecule has 0 amide bonds. The van der Waals surface area contributed by atoms with Crippen LogP contribution in [0.3, 0.4) is 0 Å². The van der Waals surface area contributed by atoms with E-state index < -0.39 is 0 Å². The molecule has 63 heavy (non-hydrogen) atoms. The molecule has 0 atom stereocenters. The van der Waals surface area contributed by atoms with Gasteiger partial charge < -0.3 is 4.90 Å². The highest BCUT2D eigenvalue weighted by Crippen LogP contribution is 2.62. The first kappa shape index (κ1) is 37.1. The summed E-state index contributed by atoms with van der Waals surface area (Å²) in [6, 6.07) is 87.6. The largest absolute Gasteiger partial charge is 0.310 e. The Hall–Kier alpha value is -7.74. The molecule has 1 spiro atoms. The van der Waals surface area contributed by atoms with E-state index in [1.807, 2.05) is 0 Å². The fourth-order valence-electron chi connectivity index (χ4n) is 11.0. The molecule has 0 N–H and O–H groups in total. The standard InChI is InChI=1S/C62H45N/c1-61(2)56-24-12-14-26-58(56)62(59-27-15-13-25-57(59)61)54-23-11-9-22-52(54)53-41-48(34-38-55(53)62)45-29-30-47-40-50(37-33-46(47)39-45)63(49-35-31-43(32-36-49)42-17-5-3-6-18-42)60-28-16-10-21-51(60)44-19-7-4-8-20-44/h3-41H,1-2H3. The summed E-state index contributed by atoms with van der Waals surface area (Å²) in [5.41, 5.74) is 21.0. The van der Waals surface area contributed by atoms with Crippen molar-refractivity contribution in [1.82, 2.24) is 0 Å². The fourth-order valence-corrected chi connectivity index (χ4v) is 11.0. The van der Waals surface area contributed by atoms with Gasteiger partial charge >= 0.3 is 0 Å². The molecule has 0 aromatic heterocycles. The van der Waals surface area contributed by atoms with Crippen molar-refractivity contribution in [2.75, 3.05) is 4.90 Å². The van der Waals surface area contributed by atoms with E-state index in [0.29, 0.717) is 0 Å². The summed E-state index contributed by atoms with van der Waals surface area (Å²) in [6.07, 6.45) is 0. The van der Waals surface area contributed by atoms with Crippen LogP contribution in [0.5, 0.6) is 0 Å². The quantitative estimate of drug-likeness (QED) is 0.162. The zero-order valence-corrected chi connectivity index (χ0v) is 35.5. The molecule has 298 valence electrons. The first-order chi connectivity index (χ1) is 31.0. The van der Waals surface area contributed by atoms with E-state index in [1.54, 1.807) is 0 Å². The van der Waals surface area contributed by atoms with Crippen molar-refractivity contribution in [3.63, 3.8) is 0 Å². The van der Waals surface area contributed by atoms with E-state index >= 15 is 0 Å². The molecule has 0 saturated heterocycles. The van der Waals surface area contributed by atoms with Gasteiger partial charge in [-0.15, -0.1) is 0 Å². The zero-order valence-electron chi connectivity index (χ0n) is 35.5. The second kappa shape index (κ2) is 14.4. The highest BCUT2D eigenvalue weighted by atomic mass is 15.1. The summed E-state index contributed by atoms with van der Waals surface area (Å²) in [5, 5.41) is 2.41. The lowest BCUT2D eigenvalue weighted by atomic mass is 9.55. The molecule has 0 bridgehead atoms. The van der Waals surface area contributed by atoms with E-state index in [4.69, 9.17) is 0 Å². The predicted octanol–water partition coefficient (Wildman–Crippen LogP) is 16.3. The van der Waals surface area contributed by atoms with Crippen LogP contribution in [0.4, 0.5) is 17.1 Å². The van der Waals surface area contributed by atoms with Crippen molar-refractivity contribution >= 4 is 27.8 Å². The normalized spacial score (nSPS) is 13.8. The van der Waals surface area contributed by atoms with Gasteiger partial charge in [-0.25, -0.2) is 0 Å². The highest BCUT2D eigenvalue weighted by molar-refractivity contribution is 5.96. The molecule has 0 fully saturated rings. The maximum atomic E-state index is 2.45. The van der Waals surface area contributed by atoms with Gasteiger partial charge in [0.2, 0.25) is 0 Å². The molecule has 0 radical (unpaired) electrons. The van der Waals surface area contributed by atoms with Crippen LogP contribution in [0.2, 0.25) is 0 Å². The molecule has 2 aliphatic rings. The number of hydrogen-bond donors (Lipinski definition) is 0. The molecule has 0 aliphatic heterocycles. The Morgan fingerprint density at radius 3 is 1.44 bits per heavy atom. The van der Waals surface area contributed by atoms with Crippen LogP contribution in [-0.4, -0.2) is 0 Å². The molecule has 0 unspecified atom stereocenters. The molecule has 0 heterocycles. The second-order valence-corrected chi connectivity index (χ2v) is 17.6. The summed E-state index contributed by atoms with van der Waals surface area (Å²) in [6.45, 7) is 4.77. The van der Waals surface area contributed by atoms with Crippen LogP contribution in [0.15, 0.2) is 237 Å². The average molecular weight is 804 g/mol. The smallest absolute Gasteiger partial charge is 0.0719 e. The summed E-state index contributed by atoms with van der Waals surface area (Å²) < 4.78 is 0. The molecule has 1 nitrogen and oxygen atoms in total. The number of anilines is 3. The van der Waals surface area contributed by atoms with Crippen molar-refractivity contribution in [2.45, 2.75) is 24.7 Å². The Balaban J connectivity index is 0.970. The molecule has 10 aromatic rings. The van der Waals surface area contributed by atoms with E-state index in [0.717, 1.165) is 17.1 Å². The first-order valence-corrected chi connectivity index (χ1v) is 22.1. The van der Waals surface area contributed by atoms with Gasteiger partial charge in [0.15, 0.2) is 0 Å². The molecule has 1 heteroatoms. The van der Waals surface area contributed by atoms with Gasteiger partial charge in [0.25, 0.3) is 0 Å². The van der Waals surface area contributed by atoms with Crippen molar-refractivity contribution in [3.8, 4) is 44.5 Å². The summed E-state index contributed by atoms with van der Waals surface area (Å²) in [7, 11) is 0. The zero-order chi connectivity index (χ0) is 42.1. The maximum absolute atomic E-state index is 2.45. The van der Waals surface area contributed by atoms with Crippen molar-refractivity contribution < 1.29 is 0 Å². The van der Waals surface area contributed by atoms with Crippen molar-refractivity contribution in [1.29, 1.82) is 0 Å². The number of benzene rings is 10. The maximum Gasteiger partial charge on any atom is 0.0719 e. The van der Waals surface area contributed by atoms with Crippen LogP contribution in [0.25, 0.3) is 55.3 Å². The molecular weight excluding hydrogens is 759 g/mol. The van der Waals surface area contributed by atoms with Crippen LogP contribution in [0, 0.1) is 0 Å². The van der Waals surface area contributed by atoms with Gasteiger partial charge in [0, 0.05) is 22.4 Å². The van der Waals surface area contributed by atoms with Crippen molar-refractivity contribution in [2.24, 2.45) is 0 Å². The first-order valence-electron chi connectivity index (χ1n) is 22.1. The Morgan fingerprint density at radius 2 is 0.746 bits per heavy atom. The monoisotopic (exact) mass is 803 g/mol. The van der Waals surface area contributed by atoms with Crippen LogP contribution in [-0.2, 0) is 10.8 Å². The van der Waals surface area contributed by atoms with Gasteiger partial charge in [-0.1, -0.05) is 208 Å². The van der Waals surface area contributed by atoms with Gasteiger partial charge in [-0.2, -0.15) is 0 Å².